The second-order valence-corrected chi connectivity index (χ2v) is 14.1. The number of alkyl halides is 1. The van der Waals surface area contributed by atoms with E-state index in [4.69, 9.17) is 2.76 Å². The molecule has 2 rings (SSSR count). The van der Waals surface area contributed by atoms with Crippen LogP contribution in [0.3, 0.4) is 0 Å². The predicted octanol–water partition coefficient (Wildman–Crippen LogP) is 1.37. The van der Waals surface area contributed by atoms with Crippen LogP contribution in [0.5, 0.6) is 0 Å². The summed E-state index contributed by atoms with van der Waals surface area (Å²) in [4.78, 5) is 0. The second kappa shape index (κ2) is 8.45. The fraction of sp³-hybridized carbons (Fsp3) is 0.400. The van der Waals surface area contributed by atoms with Crippen LogP contribution in [0.1, 0.15) is 40.5 Å². The number of unbranched alkanes of at least 4 members (excludes halogenated alkanes) is 1. The molecule has 0 bridgehead atoms. The number of benzene rings is 2. The molecule has 1 nitrogen and oxygen atoms in total. The van der Waals surface area contributed by atoms with Crippen LogP contribution in [0.2, 0.25) is 5.04 Å². The molecule has 0 saturated carbocycles. The number of hydrogen-bond donors (Lipinski definition) is 0. The van der Waals surface area contributed by atoms with Gasteiger partial charge in [-0.15, -0.1) is 0 Å². The summed E-state index contributed by atoms with van der Waals surface area (Å²) in [5.74, 6) is 0. The Hall–Kier alpha value is -0.653. The molecule has 0 aliphatic carbocycles. The van der Waals surface area contributed by atoms with Gasteiger partial charge in [-0.1, -0.05) is 0 Å². The maximum atomic E-state index is 6.92. The van der Waals surface area contributed by atoms with Crippen molar-refractivity contribution in [2.45, 2.75) is 45.6 Å². The molecule has 126 valence electrons. The summed E-state index contributed by atoms with van der Waals surface area (Å²) in [7, 11) is -2.25. The van der Waals surface area contributed by atoms with Gasteiger partial charge in [-0.2, -0.15) is 0 Å². The third kappa shape index (κ3) is 4.25. The number of halogens is 1. The molecule has 0 fully saturated rings. The van der Waals surface area contributed by atoms with Crippen LogP contribution in [0.4, 0.5) is 0 Å². The Morgan fingerprint density at radius 3 is 1.74 bits per heavy atom. The van der Waals surface area contributed by atoms with Crippen LogP contribution in [0, 0.1) is 0 Å². The summed E-state index contributed by atoms with van der Waals surface area (Å²) >= 11 is -0.227. The molecular formula is C20H28IOSi-. The zero-order chi connectivity index (χ0) is 16.8. The van der Waals surface area contributed by atoms with Gasteiger partial charge in [0.2, 0.25) is 0 Å². The molecule has 0 aliphatic rings. The van der Waals surface area contributed by atoms with Crippen molar-refractivity contribution in [1.29, 1.82) is 0 Å². The minimum atomic E-state index is -2.25. The standard InChI is InChI=1S/C20H28IOSi/c1-5-6-17-21-22-23(20(2,3)4,18-13-9-7-10-14-18)19-15-11-8-12-16-19/h7-16H,5-6,17H2,1-4H3/q-1. The van der Waals surface area contributed by atoms with Crippen LogP contribution in [0.25, 0.3) is 0 Å². The van der Waals surface area contributed by atoms with Gasteiger partial charge in [-0.25, -0.2) is 0 Å². The van der Waals surface area contributed by atoms with Crippen molar-refractivity contribution in [3.63, 3.8) is 0 Å². The van der Waals surface area contributed by atoms with Crippen molar-refractivity contribution in [3.8, 4) is 0 Å². The van der Waals surface area contributed by atoms with Crippen molar-refractivity contribution in [1.82, 2.24) is 0 Å². The first kappa shape index (κ1) is 18.7. The molecule has 0 aromatic heterocycles. The SMILES string of the molecule is CCCC[I-]O[Si](c1ccccc1)(c1ccccc1)C(C)(C)C. The molecule has 0 radical (unpaired) electrons. The topological polar surface area (TPSA) is 9.23 Å². The Morgan fingerprint density at radius 1 is 0.870 bits per heavy atom. The van der Waals surface area contributed by atoms with Gasteiger partial charge in [0, 0.05) is 0 Å². The van der Waals surface area contributed by atoms with Crippen LogP contribution in [-0.4, -0.2) is 12.7 Å². The van der Waals surface area contributed by atoms with E-state index in [1.165, 1.54) is 27.6 Å². The van der Waals surface area contributed by atoms with Crippen molar-refractivity contribution in [2.75, 3.05) is 4.43 Å². The van der Waals surface area contributed by atoms with E-state index in [0.717, 1.165) is 0 Å². The quantitative estimate of drug-likeness (QED) is 0.274. The first-order valence-corrected chi connectivity index (χ1v) is 12.7. The molecule has 0 amide bonds. The third-order valence-electron chi connectivity index (χ3n) is 4.15. The molecular weight excluding hydrogens is 411 g/mol. The Bertz CT molecular complexity index is 538. The van der Waals surface area contributed by atoms with Crippen molar-refractivity contribution in [2.24, 2.45) is 0 Å². The van der Waals surface area contributed by atoms with E-state index >= 15 is 0 Å². The summed E-state index contributed by atoms with van der Waals surface area (Å²) in [6, 6.07) is 21.9. The van der Waals surface area contributed by atoms with Crippen LogP contribution < -0.4 is 32.0 Å². The summed E-state index contributed by atoms with van der Waals surface area (Å²) in [6.45, 7) is 9.31. The van der Waals surface area contributed by atoms with Gasteiger partial charge in [0.15, 0.2) is 0 Å². The van der Waals surface area contributed by atoms with Gasteiger partial charge < -0.3 is 0 Å². The van der Waals surface area contributed by atoms with E-state index in [2.05, 4.69) is 88.4 Å². The fourth-order valence-corrected chi connectivity index (χ4v) is 13.6. The second-order valence-electron chi connectivity index (χ2n) is 6.89. The summed E-state index contributed by atoms with van der Waals surface area (Å²) in [5, 5.41) is 2.91. The van der Waals surface area contributed by atoms with Gasteiger partial charge in [-0.3, -0.25) is 0 Å². The molecule has 0 spiro atoms. The molecule has 2 aromatic rings. The Labute approximate surface area is 153 Å². The molecule has 0 atom stereocenters. The maximum absolute atomic E-state index is 6.92. The average molecular weight is 439 g/mol. The number of hydrogen-bond acceptors (Lipinski definition) is 1. The molecule has 0 aliphatic heterocycles. The molecule has 2 aromatic carbocycles. The van der Waals surface area contributed by atoms with E-state index < -0.39 is 8.32 Å². The predicted molar refractivity (Wildman–Crippen MR) is 98.5 cm³/mol. The van der Waals surface area contributed by atoms with Crippen molar-refractivity contribution < 1.29 is 24.4 Å². The van der Waals surface area contributed by atoms with E-state index in [0.29, 0.717) is 0 Å². The van der Waals surface area contributed by atoms with Gasteiger partial charge in [-0.05, 0) is 0 Å². The van der Waals surface area contributed by atoms with Gasteiger partial charge in [0.1, 0.15) is 0 Å². The molecule has 3 heteroatoms. The van der Waals surface area contributed by atoms with E-state index in [1.807, 2.05) is 0 Å². The average Bonchev–Trinajstić information content (AvgIpc) is 2.55. The zero-order valence-electron chi connectivity index (χ0n) is 14.7. The molecule has 0 saturated heterocycles. The Balaban J connectivity index is 2.51. The summed E-state index contributed by atoms with van der Waals surface area (Å²) in [5.41, 5.74) is 0. The normalized spacial score (nSPS) is 12.5. The van der Waals surface area contributed by atoms with E-state index in [9.17, 15) is 0 Å². The minimum absolute atomic E-state index is 0.113. The van der Waals surface area contributed by atoms with Gasteiger partial charge in [0.25, 0.3) is 0 Å². The van der Waals surface area contributed by atoms with E-state index in [1.54, 1.807) is 0 Å². The van der Waals surface area contributed by atoms with Crippen LogP contribution in [-0.2, 0) is 2.76 Å². The van der Waals surface area contributed by atoms with E-state index in [-0.39, 0.29) is 26.7 Å². The zero-order valence-corrected chi connectivity index (χ0v) is 17.8. The first-order valence-electron chi connectivity index (χ1n) is 8.40. The number of rotatable bonds is 7. The Kier molecular flexibility index (Phi) is 6.86. The van der Waals surface area contributed by atoms with Crippen molar-refractivity contribution in [3.05, 3.63) is 60.7 Å². The van der Waals surface area contributed by atoms with Crippen molar-refractivity contribution >= 4 is 18.7 Å². The van der Waals surface area contributed by atoms with Gasteiger partial charge in [0.05, 0.1) is 0 Å². The van der Waals surface area contributed by atoms with Crippen LogP contribution in [0.15, 0.2) is 60.7 Å². The van der Waals surface area contributed by atoms with Gasteiger partial charge >= 0.3 is 154 Å². The molecule has 0 heterocycles. The Morgan fingerprint density at radius 2 is 1.35 bits per heavy atom. The molecule has 0 N–H and O–H groups in total. The monoisotopic (exact) mass is 439 g/mol. The summed E-state index contributed by atoms with van der Waals surface area (Å²) in [6.07, 6.45) is 2.54. The molecule has 23 heavy (non-hydrogen) atoms. The molecule has 0 unspecified atom stereocenters. The summed E-state index contributed by atoms with van der Waals surface area (Å²) < 4.78 is 8.17. The van der Waals surface area contributed by atoms with Crippen LogP contribution >= 0.6 is 0 Å². The third-order valence-corrected chi connectivity index (χ3v) is 13.0. The first-order chi connectivity index (χ1) is 11.0. The fourth-order valence-electron chi connectivity index (χ4n) is 2.89.